The molecule has 0 amide bonds. The molecule has 78 valence electrons. The second-order valence-electron chi connectivity index (χ2n) is 4.47. The fourth-order valence-corrected chi connectivity index (χ4v) is 2.50. The van der Waals surface area contributed by atoms with Gasteiger partial charge in [0.15, 0.2) is 0 Å². The first-order valence-corrected chi connectivity index (χ1v) is 5.55. The lowest BCUT2D eigenvalue weighted by Gasteiger charge is -2.08. The average Bonchev–Trinajstić information content (AvgIpc) is 2.79. The molecule has 3 rings (SSSR count). The van der Waals surface area contributed by atoms with Crippen LogP contribution in [0.3, 0.4) is 0 Å². The molecule has 0 bridgehead atoms. The molecular weight excluding hydrogens is 208 g/mol. The SMILES string of the molecule is Cc1[nH]c2cc(Cl)ccc2c1C1(N)CC1. The number of nitrogens with two attached hydrogens (primary N) is 1. The van der Waals surface area contributed by atoms with Gasteiger partial charge in [0.2, 0.25) is 0 Å². The van der Waals surface area contributed by atoms with Crippen molar-refractivity contribution < 1.29 is 0 Å². The molecule has 1 aliphatic rings. The van der Waals surface area contributed by atoms with Crippen molar-refractivity contribution in [1.82, 2.24) is 4.98 Å². The molecule has 0 saturated heterocycles. The van der Waals surface area contributed by atoms with Crippen LogP contribution in [0.15, 0.2) is 18.2 Å². The number of nitrogens with one attached hydrogen (secondary N) is 1. The van der Waals surface area contributed by atoms with Crippen LogP contribution >= 0.6 is 11.6 Å². The van der Waals surface area contributed by atoms with Crippen LogP contribution in [0.2, 0.25) is 5.02 Å². The molecule has 0 spiro atoms. The van der Waals surface area contributed by atoms with Gasteiger partial charge in [-0.2, -0.15) is 0 Å². The summed E-state index contributed by atoms with van der Waals surface area (Å²) in [5.41, 5.74) is 9.71. The van der Waals surface area contributed by atoms with E-state index in [4.69, 9.17) is 17.3 Å². The van der Waals surface area contributed by atoms with E-state index in [0.29, 0.717) is 0 Å². The van der Waals surface area contributed by atoms with Crippen LogP contribution in [0.5, 0.6) is 0 Å². The number of aryl methyl sites for hydroxylation is 1. The minimum absolute atomic E-state index is 0.0871. The van der Waals surface area contributed by atoms with Crippen LogP contribution in [-0.4, -0.2) is 4.98 Å². The highest BCUT2D eigenvalue weighted by atomic mass is 35.5. The van der Waals surface area contributed by atoms with Gasteiger partial charge in [0, 0.05) is 32.7 Å². The largest absolute Gasteiger partial charge is 0.358 e. The molecule has 3 N–H and O–H groups in total. The number of halogens is 1. The number of hydrogen-bond donors (Lipinski definition) is 2. The summed E-state index contributed by atoms with van der Waals surface area (Å²) in [5.74, 6) is 0. The topological polar surface area (TPSA) is 41.8 Å². The Morgan fingerprint density at radius 1 is 1.40 bits per heavy atom. The second kappa shape index (κ2) is 2.77. The van der Waals surface area contributed by atoms with Gasteiger partial charge in [-0.25, -0.2) is 0 Å². The summed E-state index contributed by atoms with van der Waals surface area (Å²) in [6, 6.07) is 5.94. The Bertz CT molecular complexity index is 538. The van der Waals surface area contributed by atoms with Crippen molar-refractivity contribution in [2.24, 2.45) is 5.73 Å². The summed E-state index contributed by atoms with van der Waals surface area (Å²) in [6.45, 7) is 2.08. The van der Waals surface area contributed by atoms with E-state index < -0.39 is 0 Å². The highest BCUT2D eigenvalue weighted by Gasteiger charge is 2.42. The molecule has 1 saturated carbocycles. The average molecular weight is 221 g/mol. The van der Waals surface area contributed by atoms with Crippen molar-refractivity contribution >= 4 is 22.5 Å². The van der Waals surface area contributed by atoms with Gasteiger partial charge in [-0.15, -0.1) is 0 Å². The summed E-state index contributed by atoms with van der Waals surface area (Å²) < 4.78 is 0. The molecule has 0 radical (unpaired) electrons. The molecule has 15 heavy (non-hydrogen) atoms. The molecule has 1 aliphatic carbocycles. The molecule has 1 aromatic heterocycles. The lowest BCUT2D eigenvalue weighted by Crippen LogP contribution is -2.19. The lowest BCUT2D eigenvalue weighted by atomic mass is 10.0. The number of aromatic amines is 1. The summed E-state index contributed by atoms with van der Waals surface area (Å²) in [6.07, 6.45) is 2.17. The summed E-state index contributed by atoms with van der Waals surface area (Å²) in [5, 5.41) is 1.98. The van der Waals surface area contributed by atoms with Crippen molar-refractivity contribution in [3.63, 3.8) is 0 Å². The molecule has 1 aromatic carbocycles. The van der Waals surface area contributed by atoms with Gasteiger partial charge in [-0.05, 0) is 31.9 Å². The Morgan fingerprint density at radius 3 is 2.80 bits per heavy atom. The van der Waals surface area contributed by atoms with Crippen LogP contribution in [0.4, 0.5) is 0 Å². The quantitative estimate of drug-likeness (QED) is 0.762. The lowest BCUT2D eigenvalue weighted by molar-refractivity contribution is 0.740. The van der Waals surface area contributed by atoms with E-state index in [9.17, 15) is 0 Å². The first-order chi connectivity index (χ1) is 7.10. The molecule has 0 aliphatic heterocycles. The monoisotopic (exact) mass is 220 g/mol. The van der Waals surface area contributed by atoms with E-state index >= 15 is 0 Å². The van der Waals surface area contributed by atoms with E-state index in [1.54, 1.807) is 0 Å². The van der Waals surface area contributed by atoms with Gasteiger partial charge in [-0.1, -0.05) is 17.7 Å². The van der Waals surface area contributed by atoms with E-state index in [1.165, 1.54) is 16.6 Å². The summed E-state index contributed by atoms with van der Waals surface area (Å²) in [4.78, 5) is 3.35. The number of rotatable bonds is 1. The van der Waals surface area contributed by atoms with Crippen LogP contribution in [0.25, 0.3) is 10.9 Å². The smallest absolute Gasteiger partial charge is 0.0474 e. The van der Waals surface area contributed by atoms with Gasteiger partial charge >= 0.3 is 0 Å². The van der Waals surface area contributed by atoms with E-state index in [1.807, 2.05) is 12.1 Å². The zero-order valence-corrected chi connectivity index (χ0v) is 9.36. The zero-order valence-electron chi connectivity index (χ0n) is 8.60. The molecule has 2 aromatic rings. The third-order valence-electron chi connectivity index (χ3n) is 3.23. The van der Waals surface area contributed by atoms with E-state index in [0.717, 1.165) is 23.4 Å². The van der Waals surface area contributed by atoms with Crippen molar-refractivity contribution in [1.29, 1.82) is 0 Å². The van der Waals surface area contributed by atoms with Gasteiger partial charge in [0.25, 0.3) is 0 Å². The van der Waals surface area contributed by atoms with Crippen molar-refractivity contribution in [2.45, 2.75) is 25.3 Å². The van der Waals surface area contributed by atoms with Gasteiger partial charge in [-0.3, -0.25) is 0 Å². The molecule has 1 heterocycles. The Kier molecular flexibility index (Phi) is 1.71. The van der Waals surface area contributed by atoms with Gasteiger partial charge < -0.3 is 10.7 Å². The van der Waals surface area contributed by atoms with Crippen LogP contribution in [-0.2, 0) is 5.54 Å². The van der Waals surface area contributed by atoms with Crippen molar-refractivity contribution in [2.75, 3.05) is 0 Å². The summed E-state index contributed by atoms with van der Waals surface area (Å²) in [7, 11) is 0. The molecule has 0 unspecified atom stereocenters. The number of H-pyrrole nitrogens is 1. The number of aromatic nitrogens is 1. The number of hydrogen-bond acceptors (Lipinski definition) is 1. The maximum absolute atomic E-state index is 6.26. The fraction of sp³-hybridized carbons (Fsp3) is 0.333. The van der Waals surface area contributed by atoms with E-state index in [-0.39, 0.29) is 5.54 Å². The first kappa shape index (κ1) is 9.25. The van der Waals surface area contributed by atoms with Crippen molar-refractivity contribution in [3.05, 3.63) is 34.5 Å². The molecule has 2 nitrogen and oxygen atoms in total. The van der Waals surface area contributed by atoms with Crippen LogP contribution in [0, 0.1) is 6.92 Å². The highest BCUT2D eigenvalue weighted by molar-refractivity contribution is 6.31. The van der Waals surface area contributed by atoms with E-state index in [2.05, 4.69) is 18.0 Å². The predicted octanol–water partition coefficient (Wildman–Crippen LogP) is 3.08. The minimum Gasteiger partial charge on any atom is -0.358 e. The first-order valence-electron chi connectivity index (χ1n) is 5.17. The Morgan fingerprint density at radius 2 is 2.13 bits per heavy atom. The van der Waals surface area contributed by atoms with Crippen molar-refractivity contribution in [3.8, 4) is 0 Å². The van der Waals surface area contributed by atoms with Gasteiger partial charge in [0.1, 0.15) is 0 Å². The third-order valence-corrected chi connectivity index (χ3v) is 3.47. The molecule has 0 atom stereocenters. The molecule has 3 heteroatoms. The van der Waals surface area contributed by atoms with Gasteiger partial charge in [0.05, 0.1) is 0 Å². The minimum atomic E-state index is -0.0871. The van der Waals surface area contributed by atoms with Crippen LogP contribution < -0.4 is 5.73 Å². The van der Waals surface area contributed by atoms with Crippen LogP contribution in [0.1, 0.15) is 24.1 Å². The second-order valence-corrected chi connectivity index (χ2v) is 4.91. The molecular formula is C12H13ClN2. The normalized spacial score (nSPS) is 18.3. The predicted molar refractivity (Wildman–Crippen MR) is 63.1 cm³/mol. The third kappa shape index (κ3) is 1.29. The zero-order chi connectivity index (χ0) is 10.6. The maximum Gasteiger partial charge on any atom is 0.0474 e. The number of fused-ring (bicyclic) bond motifs is 1. The summed E-state index contributed by atoms with van der Waals surface area (Å²) >= 11 is 5.96. The standard InChI is InChI=1S/C12H13ClN2/c1-7-11(12(14)4-5-12)9-3-2-8(13)6-10(9)15-7/h2-3,6,15H,4-5,14H2,1H3. The fourth-order valence-electron chi connectivity index (χ4n) is 2.33. The maximum atomic E-state index is 6.26. The molecule has 1 fully saturated rings. The Labute approximate surface area is 93.4 Å². The Balaban J connectivity index is 2.33. The Hall–Kier alpha value is -0.990. The number of benzene rings is 1. The highest BCUT2D eigenvalue weighted by Crippen LogP contribution is 2.47.